The fraction of sp³-hybridized carbons (Fsp3) is 0.462. The van der Waals surface area contributed by atoms with Crippen LogP contribution in [0.25, 0.3) is 0 Å². The number of nitrogens with one attached hydrogen (secondary N) is 1. The SMILES string of the molecule is O=C1C(c2ccc(F)cc2)NCC2CCCN12. The van der Waals surface area contributed by atoms with Gasteiger partial charge in [0.2, 0.25) is 5.91 Å². The van der Waals surface area contributed by atoms with Gasteiger partial charge in [-0.15, -0.1) is 0 Å². The lowest BCUT2D eigenvalue weighted by atomic mass is 10.0. The number of halogens is 1. The Hall–Kier alpha value is -1.42. The van der Waals surface area contributed by atoms with Crippen LogP contribution in [-0.2, 0) is 4.79 Å². The van der Waals surface area contributed by atoms with E-state index in [4.69, 9.17) is 0 Å². The molecule has 0 bridgehead atoms. The zero-order chi connectivity index (χ0) is 11.8. The van der Waals surface area contributed by atoms with E-state index in [0.717, 1.165) is 31.5 Å². The van der Waals surface area contributed by atoms with E-state index in [2.05, 4.69) is 5.32 Å². The van der Waals surface area contributed by atoms with Crippen molar-refractivity contribution in [2.45, 2.75) is 24.9 Å². The molecule has 17 heavy (non-hydrogen) atoms. The zero-order valence-electron chi connectivity index (χ0n) is 9.53. The van der Waals surface area contributed by atoms with Crippen molar-refractivity contribution in [3.05, 3.63) is 35.6 Å². The van der Waals surface area contributed by atoms with E-state index in [1.807, 2.05) is 4.90 Å². The number of nitrogens with zero attached hydrogens (tertiary/aromatic N) is 1. The van der Waals surface area contributed by atoms with E-state index in [1.165, 1.54) is 12.1 Å². The van der Waals surface area contributed by atoms with Crippen molar-refractivity contribution < 1.29 is 9.18 Å². The quantitative estimate of drug-likeness (QED) is 0.798. The molecule has 0 radical (unpaired) electrons. The van der Waals surface area contributed by atoms with Gasteiger partial charge in [0.15, 0.2) is 0 Å². The monoisotopic (exact) mass is 234 g/mol. The van der Waals surface area contributed by atoms with Crippen molar-refractivity contribution in [3.63, 3.8) is 0 Å². The third-order valence-corrected chi connectivity index (χ3v) is 3.67. The van der Waals surface area contributed by atoms with Crippen LogP contribution in [0.4, 0.5) is 4.39 Å². The number of benzene rings is 1. The van der Waals surface area contributed by atoms with Crippen molar-refractivity contribution in [1.29, 1.82) is 0 Å². The fourth-order valence-corrected chi connectivity index (χ4v) is 2.76. The fourth-order valence-electron chi connectivity index (χ4n) is 2.76. The van der Waals surface area contributed by atoms with Gasteiger partial charge >= 0.3 is 0 Å². The highest BCUT2D eigenvalue weighted by Gasteiger charge is 2.38. The molecule has 1 N–H and O–H groups in total. The lowest BCUT2D eigenvalue weighted by Gasteiger charge is -2.35. The number of rotatable bonds is 1. The molecule has 0 spiro atoms. The molecule has 2 unspecified atom stereocenters. The maximum Gasteiger partial charge on any atom is 0.244 e. The van der Waals surface area contributed by atoms with E-state index >= 15 is 0 Å². The van der Waals surface area contributed by atoms with Crippen molar-refractivity contribution in [2.75, 3.05) is 13.1 Å². The lowest BCUT2D eigenvalue weighted by Crippen LogP contribution is -2.53. The largest absolute Gasteiger partial charge is 0.337 e. The number of amides is 1. The molecular weight excluding hydrogens is 219 g/mol. The summed E-state index contributed by atoms with van der Waals surface area (Å²) in [5.41, 5.74) is 0.849. The first-order valence-electron chi connectivity index (χ1n) is 6.05. The third kappa shape index (κ3) is 1.82. The van der Waals surface area contributed by atoms with Crippen molar-refractivity contribution in [2.24, 2.45) is 0 Å². The summed E-state index contributed by atoms with van der Waals surface area (Å²) in [5.74, 6) is -0.138. The molecule has 1 amide bonds. The van der Waals surface area contributed by atoms with Gasteiger partial charge in [0.25, 0.3) is 0 Å². The highest BCUT2D eigenvalue weighted by Crippen LogP contribution is 2.27. The van der Waals surface area contributed by atoms with Crippen molar-refractivity contribution >= 4 is 5.91 Å². The first-order chi connectivity index (χ1) is 8.25. The molecule has 2 heterocycles. The summed E-state index contributed by atoms with van der Waals surface area (Å²) < 4.78 is 12.9. The Morgan fingerprint density at radius 3 is 2.82 bits per heavy atom. The van der Waals surface area contributed by atoms with Crippen LogP contribution >= 0.6 is 0 Å². The highest BCUT2D eigenvalue weighted by atomic mass is 19.1. The van der Waals surface area contributed by atoms with E-state index < -0.39 is 0 Å². The Kier molecular flexibility index (Phi) is 2.59. The molecule has 3 rings (SSSR count). The highest BCUT2D eigenvalue weighted by molar-refractivity contribution is 5.84. The Balaban J connectivity index is 1.84. The standard InChI is InChI=1S/C13H15FN2O/c14-10-5-3-9(4-6-10)12-13(17)16-7-1-2-11(16)8-15-12/h3-6,11-12,15H,1-2,7-8H2. The second-order valence-corrected chi connectivity index (χ2v) is 4.72. The molecule has 0 saturated carbocycles. The summed E-state index contributed by atoms with van der Waals surface area (Å²) in [5, 5.41) is 3.26. The first kappa shape index (κ1) is 10.7. The number of fused-ring (bicyclic) bond motifs is 1. The number of hydrogen-bond acceptors (Lipinski definition) is 2. The van der Waals surface area contributed by atoms with Crippen LogP contribution in [0.2, 0.25) is 0 Å². The van der Waals surface area contributed by atoms with Crippen LogP contribution < -0.4 is 5.32 Å². The van der Waals surface area contributed by atoms with Crippen LogP contribution in [0, 0.1) is 5.82 Å². The van der Waals surface area contributed by atoms with Crippen molar-refractivity contribution in [3.8, 4) is 0 Å². The minimum Gasteiger partial charge on any atom is -0.337 e. The second-order valence-electron chi connectivity index (χ2n) is 4.72. The van der Waals surface area contributed by atoms with Crippen LogP contribution in [0.1, 0.15) is 24.4 Å². The number of carbonyl (C=O) groups excluding carboxylic acids is 1. The summed E-state index contributed by atoms with van der Waals surface area (Å²) in [6.45, 7) is 1.71. The average Bonchev–Trinajstić information content (AvgIpc) is 2.80. The van der Waals surface area contributed by atoms with Gasteiger partial charge in [-0.3, -0.25) is 4.79 Å². The summed E-state index contributed by atoms with van der Waals surface area (Å²) in [6.07, 6.45) is 2.18. The number of carbonyl (C=O) groups is 1. The molecule has 2 aliphatic rings. The zero-order valence-corrected chi connectivity index (χ0v) is 9.53. The molecule has 1 aromatic rings. The smallest absolute Gasteiger partial charge is 0.244 e. The minimum atomic E-state index is -0.301. The summed E-state index contributed by atoms with van der Waals surface area (Å²) in [7, 11) is 0. The third-order valence-electron chi connectivity index (χ3n) is 3.67. The molecule has 2 atom stereocenters. The van der Waals surface area contributed by atoms with E-state index in [1.54, 1.807) is 12.1 Å². The van der Waals surface area contributed by atoms with Crippen LogP contribution in [0.3, 0.4) is 0 Å². The molecule has 3 nitrogen and oxygen atoms in total. The van der Waals surface area contributed by atoms with E-state index in [-0.39, 0.29) is 17.8 Å². The second kappa shape index (κ2) is 4.11. The predicted octanol–water partition coefficient (Wildman–Crippen LogP) is 1.46. The Labute approximate surface area is 99.6 Å². The molecule has 0 aliphatic carbocycles. The lowest BCUT2D eigenvalue weighted by molar-refractivity contribution is -0.137. The van der Waals surface area contributed by atoms with Crippen molar-refractivity contribution in [1.82, 2.24) is 10.2 Å². The Morgan fingerprint density at radius 1 is 1.29 bits per heavy atom. The molecule has 4 heteroatoms. The van der Waals surface area contributed by atoms with Gasteiger partial charge in [-0.05, 0) is 30.5 Å². The Morgan fingerprint density at radius 2 is 2.06 bits per heavy atom. The molecule has 0 aromatic heterocycles. The van der Waals surface area contributed by atoms with E-state index in [9.17, 15) is 9.18 Å². The summed E-state index contributed by atoms with van der Waals surface area (Å²) in [6, 6.07) is 6.23. The van der Waals surface area contributed by atoms with E-state index in [0.29, 0.717) is 6.04 Å². The first-order valence-corrected chi connectivity index (χ1v) is 6.05. The van der Waals surface area contributed by atoms with Gasteiger partial charge in [-0.25, -0.2) is 4.39 Å². The Bertz CT molecular complexity index is 432. The van der Waals surface area contributed by atoms with Gasteiger partial charge in [0.05, 0.1) is 0 Å². The average molecular weight is 234 g/mol. The maximum absolute atomic E-state index is 12.9. The van der Waals surface area contributed by atoms with Crippen LogP contribution in [-0.4, -0.2) is 29.9 Å². The molecule has 2 saturated heterocycles. The van der Waals surface area contributed by atoms with Crippen LogP contribution in [0.15, 0.2) is 24.3 Å². The topological polar surface area (TPSA) is 32.3 Å². The predicted molar refractivity (Wildman–Crippen MR) is 61.9 cm³/mol. The van der Waals surface area contributed by atoms with Gasteiger partial charge in [-0.1, -0.05) is 12.1 Å². The summed E-state index contributed by atoms with van der Waals surface area (Å²) in [4.78, 5) is 14.2. The molecule has 2 fully saturated rings. The van der Waals surface area contributed by atoms with Gasteiger partial charge in [-0.2, -0.15) is 0 Å². The van der Waals surface area contributed by atoms with Gasteiger partial charge < -0.3 is 10.2 Å². The summed E-state index contributed by atoms with van der Waals surface area (Å²) >= 11 is 0. The maximum atomic E-state index is 12.9. The normalized spacial score (nSPS) is 28.3. The van der Waals surface area contributed by atoms with Gasteiger partial charge in [0, 0.05) is 19.1 Å². The van der Waals surface area contributed by atoms with Crippen LogP contribution in [0.5, 0.6) is 0 Å². The molecule has 2 aliphatic heterocycles. The molecule has 1 aromatic carbocycles. The molecule has 90 valence electrons. The number of piperazine rings is 1. The number of hydrogen-bond donors (Lipinski definition) is 1. The minimum absolute atomic E-state index is 0.130. The molecular formula is C13H15FN2O. The van der Waals surface area contributed by atoms with Gasteiger partial charge in [0.1, 0.15) is 11.9 Å².